The summed E-state index contributed by atoms with van der Waals surface area (Å²) >= 11 is 0. The minimum absolute atomic E-state index is 0.426. The van der Waals surface area contributed by atoms with Gasteiger partial charge < -0.3 is 4.57 Å². The predicted octanol–water partition coefficient (Wildman–Crippen LogP) is 6.87. The molecule has 0 spiro atoms. The zero-order valence-electron chi connectivity index (χ0n) is 16.7. The number of rotatable bonds is 2. The van der Waals surface area contributed by atoms with Crippen molar-refractivity contribution in [2.45, 2.75) is 0 Å². The average Bonchev–Trinajstić information content (AvgIpc) is 3.18. The van der Waals surface area contributed by atoms with Crippen molar-refractivity contribution in [2.75, 3.05) is 0 Å². The van der Waals surface area contributed by atoms with Crippen LogP contribution in [-0.4, -0.2) is 9.55 Å². The van der Waals surface area contributed by atoms with Gasteiger partial charge >= 0.3 is 0 Å². The Labute approximate surface area is 179 Å². The number of aromatic nitrogens is 2. The normalized spacial score (nSPS) is 11.2. The van der Waals surface area contributed by atoms with Gasteiger partial charge in [-0.15, -0.1) is 0 Å². The molecule has 0 unspecified atom stereocenters. The molecule has 2 aromatic heterocycles. The van der Waals surface area contributed by atoms with Crippen molar-refractivity contribution in [3.05, 3.63) is 109 Å². The lowest BCUT2D eigenvalue weighted by atomic mass is 10.0. The highest BCUT2D eigenvalue weighted by atomic mass is 15.0. The van der Waals surface area contributed by atoms with Gasteiger partial charge in [0.05, 0.1) is 11.0 Å². The standard InChI is InChI=1S/C28H17N3/c29-18-22-16-21(14-15-30-22)20-11-12-26-25(17-20)28-24-9-5-4-6-19(24)10-13-27(28)31(26)23-7-2-1-3-8-23/h1-17H. The molecule has 0 aliphatic carbocycles. The average molecular weight is 395 g/mol. The molecule has 0 N–H and O–H groups in total. The van der Waals surface area contributed by atoms with E-state index in [0.29, 0.717) is 5.69 Å². The second-order valence-corrected chi connectivity index (χ2v) is 7.63. The van der Waals surface area contributed by atoms with Crippen LogP contribution in [0.4, 0.5) is 0 Å². The highest BCUT2D eigenvalue weighted by Crippen LogP contribution is 2.38. The maximum atomic E-state index is 9.25. The summed E-state index contributed by atoms with van der Waals surface area (Å²) < 4.78 is 2.33. The van der Waals surface area contributed by atoms with Crippen LogP contribution < -0.4 is 0 Å². The van der Waals surface area contributed by atoms with Gasteiger partial charge in [-0.3, -0.25) is 0 Å². The van der Waals surface area contributed by atoms with Gasteiger partial charge in [0, 0.05) is 22.7 Å². The fourth-order valence-electron chi connectivity index (χ4n) is 4.50. The zero-order valence-corrected chi connectivity index (χ0v) is 16.7. The Morgan fingerprint density at radius 3 is 2.32 bits per heavy atom. The molecule has 0 fully saturated rings. The van der Waals surface area contributed by atoms with Gasteiger partial charge in [0.1, 0.15) is 11.8 Å². The third-order valence-corrected chi connectivity index (χ3v) is 5.88. The van der Waals surface area contributed by atoms with E-state index in [-0.39, 0.29) is 0 Å². The van der Waals surface area contributed by atoms with Crippen molar-refractivity contribution < 1.29 is 0 Å². The summed E-state index contributed by atoms with van der Waals surface area (Å²) in [6.45, 7) is 0. The highest BCUT2D eigenvalue weighted by Gasteiger charge is 2.15. The highest BCUT2D eigenvalue weighted by molar-refractivity contribution is 6.21. The molecule has 0 radical (unpaired) electrons. The Kier molecular flexibility index (Phi) is 3.84. The molecule has 0 bridgehead atoms. The quantitative estimate of drug-likeness (QED) is 0.321. The van der Waals surface area contributed by atoms with Crippen LogP contribution in [0.1, 0.15) is 5.69 Å². The lowest BCUT2D eigenvalue weighted by molar-refractivity contribution is 1.18. The number of nitriles is 1. The van der Waals surface area contributed by atoms with E-state index in [9.17, 15) is 5.26 Å². The number of hydrogen-bond acceptors (Lipinski definition) is 2. The van der Waals surface area contributed by atoms with Crippen LogP contribution in [0.5, 0.6) is 0 Å². The molecule has 6 aromatic rings. The van der Waals surface area contributed by atoms with Gasteiger partial charge in [0.2, 0.25) is 0 Å². The van der Waals surface area contributed by atoms with E-state index in [2.05, 4.69) is 94.5 Å². The molecule has 0 saturated heterocycles. The van der Waals surface area contributed by atoms with Crippen molar-refractivity contribution in [3.63, 3.8) is 0 Å². The van der Waals surface area contributed by atoms with Gasteiger partial charge in [-0.2, -0.15) is 5.26 Å². The van der Waals surface area contributed by atoms with Crippen LogP contribution in [0.2, 0.25) is 0 Å². The minimum Gasteiger partial charge on any atom is -0.309 e. The van der Waals surface area contributed by atoms with Crippen molar-refractivity contribution in [3.8, 4) is 22.9 Å². The van der Waals surface area contributed by atoms with Crippen molar-refractivity contribution >= 4 is 32.6 Å². The second kappa shape index (κ2) is 6.83. The first-order valence-corrected chi connectivity index (χ1v) is 10.2. The van der Waals surface area contributed by atoms with Crippen molar-refractivity contribution in [1.82, 2.24) is 9.55 Å². The SMILES string of the molecule is N#Cc1cc(-c2ccc3c(c2)c2c4ccccc4ccc2n3-c2ccccc2)ccn1. The molecule has 3 heteroatoms. The lowest BCUT2D eigenvalue weighted by Crippen LogP contribution is -1.93. The third-order valence-electron chi connectivity index (χ3n) is 5.88. The van der Waals surface area contributed by atoms with Crippen LogP contribution in [0.15, 0.2) is 103 Å². The van der Waals surface area contributed by atoms with Crippen LogP contribution in [0.3, 0.4) is 0 Å². The van der Waals surface area contributed by atoms with Gasteiger partial charge in [-0.1, -0.05) is 54.6 Å². The Morgan fingerprint density at radius 1 is 0.677 bits per heavy atom. The topological polar surface area (TPSA) is 41.6 Å². The number of pyridine rings is 1. The first-order chi connectivity index (χ1) is 15.3. The molecular weight excluding hydrogens is 378 g/mol. The van der Waals surface area contributed by atoms with Crippen LogP contribution in [0.25, 0.3) is 49.4 Å². The van der Waals surface area contributed by atoms with Gasteiger partial charge in [0.25, 0.3) is 0 Å². The number of nitrogens with zero attached hydrogens (tertiary/aromatic N) is 3. The Balaban J connectivity index is 1.75. The zero-order chi connectivity index (χ0) is 20.8. The first kappa shape index (κ1) is 17.4. The van der Waals surface area contributed by atoms with Gasteiger partial charge in [-0.25, -0.2) is 4.98 Å². The fraction of sp³-hybridized carbons (Fsp3) is 0. The Hall–Kier alpha value is -4.42. The van der Waals surface area contributed by atoms with Crippen LogP contribution in [-0.2, 0) is 0 Å². The van der Waals surface area contributed by atoms with E-state index in [0.717, 1.165) is 22.3 Å². The molecule has 144 valence electrons. The summed E-state index contributed by atoms with van der Waals surface area (Å²) in [5.41, 5.74) is 5.98. The number of para-hydroxylation sites is 1. The largest absolute Gasteiger partial charge is 0.309 e. The maximum Gasteiger partial charge on any atom is 0.141 e. The van der Waals surface area contributed by atoms with Gasteiger partial charge in [-0.05, 0) is 64.4 Å². The smallest absolute Gasteiger partial charge is 0.141 e. The summed E-state index contributed by atoms with van der Waals surface area (Å²) in [6.07, 6.45) is 1.70. The van der Waals surface area contributed by atoms with Gasteiger partial charge in [0.15, 0.2) is 0 Å². The number of hydrogen-bond donors (Lipinski definition) is 0. The Morgan fingerprint density at radius 2 is 1.45 bits per heavy atom. The molecule has 3 nitrogen and oxygen atoms in total. The maximum absolute atomic E-state index is 9.25. The minimum atomic E-state index is 0.426. The summed E-state index contributed by atoms with van der Waals surface area (Å²) in [4.78, 5) is 4.12. The molecule has 31 heavy (non-hydrogen) atoms. The van der Waals surface area contributed by atoms with E-state index in [4.69, 9.17) is 0 Å². The van der Waals surface area contributed by atoms with E-state index < -0.39 is 0 Å². The van der Waals surface area contributed by atoms with Crippen LogP contribution >= 0.6 is 0 Å². The fourth-order valence-corrected chi connectivity index (χ4v) is 4.50. The molecule has 0 aliphatic heterocycles. The van der Waals surface area contributed by atoms with E-state index in [1.807, 2.05) is 18.2 Å². The molecule has 2 heterocycles. The Bertz CT molecular complexity index is 1640. The molecular formula is C28H17N3. The van der Waals surface area contributed by atoms with Crippen LogP contribution in [0, 0.1) is 11.3 Å². The lowest BCUT2D eigenvalue weighted by Gasteiger charge is -2.08. The summed E-state index contributed by atoms with van der Waals surface area (Å²) in [7, 11) is 0. The molecule has 0 amide bonds. The number of fused-ring (bicyclic) bond motifs is 5. The van der Waals surface area contributed by atoms with E-state index >= 15 is 0 Å². The molecule has 0 atom stereocenters. The first-order valence-electron chi connectivity index (χ1n) is 10.2. The molecule has 6 rings (SSSR count). The number of benzene rings is 4. The second-order valence-electron chi connectivity index (χ2n) is 7.63. The molecule has 4 aromatic carbocycles. The van der Waals surface area contributed by atoms with Crippen molar-refractivity contribution in [1.29, 1.82) is 5.26 Å². The summed E-state index contributed by atoms with van der Waals surface area (Å²) in [5.74, 6) is 0. The molecule has 0 aliphatic rings. The molecule has 0 saturated carbocycles. The van der Waals surface area contributed by atoms with Crippen molar-refractivity contribution in [2.24, 2.45) is 0 Å². The van der Waals surface area contributed by atoms with E-state index in [1.54, 1.807) is 6.20 Å². The third kappa shape index (κ3) is 2.70. The monoisotopic (exact) mass is 395 g/mol. The summed E-state index contributed by atoms with van der Waals surface area (Å²) in [5, 5.41) is 14.2. The summed E-state index contributed by atoms with van der Waals surface area (Å²) in [6, 6.07) is 35.9. The van der Waals surface area contributed by atoms with E-state index in [1.165, 1.54) is 27.1 Å². The predicted molar refractivity (Wildman–Crippen MR) is 126 cm³/mol.